The highest BCUT2D eigenvalue weighted by atomic mass is 14.9. The lowest BCUT2D eigenvalue weighted by molar-refractivity contribution is 0.158. The van der Waals surface area contributed by atoms with E-state index in [-0.39, 0.29) is 0 Å². The minimum Gasteiger partial charge on any atom is -0.314 e. The van der Waals surface area contributed by atoms with Crippen molar-refractivity contribution in [2.24, 2.45) is 23.2 Å². The number of nitrogens with one attached hydrogen (secondary N) is 1. The Morgan fingerprint density at radius 2 is 1.65 bits per heavy atom. The molecule has 2 saturated carbocycles. The van der Waals surface area contributed by atoms with Crippen LogP contribution >= 0.6 is 0 Å². The van der Waals surface area contributed by atoms with Crippen LogP contribution in [0.2, 0.25) is 0 Å². The van der Waals surface area contributed by atoms with Gasteiger partial charge in [-0.05, 0) is 68.2 Å². The van der Waals surface area contributed by atoms with E-state index in [0.717, 1.165) is 23.8 Å². The zero-order valence-corrected chi connectivity index (χ0v) is 14.4. The molecule has 0 aliphatic heterocycles. The zero-order valence-electron chi connectivity index (χ0n) is 14.4. The Bertz CT molecular complexity index is 270. The average Bonchev–Trinajstić information content (AvgIpc) is 2.38. The maximum atomic E-state index is 3.86. The van der Waals surface area contributed by atoms with E-state index in [0.29, 0.717) is 5.41 Å². The Morgan fingerprint density at radius 3 is 2.25 bits per heavy atom. The summed E-state index contributed by atoms with van der Waals surface area (Å²) in [6.07, 6.45) is 13.0. The molecule has 0 saturated heterocycles. The molecular weight excluding hydrogens is 242 g/mol. The van der Waals surface area contributed by atoms with E-state index >= 15 is 0 Å². The standard InChI is InChI=1S/C19H37N/c1-15-6-5-7-16(14-15)12-13-20-18-10-8-17(9-11-18)19(2,3)4/h15-18,20H,5-14H2,1-4H3. The van der Waals surface area contributed by atoms with Crippen molar-refractivity contribution in [2.75, 3.05) is 6.54 Å². The Hall–Kier alpha value is -0.0400. The highest BCUT2D eigenvalue weighted by Crippen LogP contribution is 2.37. The van der Waals surface area contributed by atoms with Crippen molar-refractivity contribution in [3.05, 3.63) is 0 Å². The summed E-state index contributed by atoms with van der Waals surface area (Å²) in [7, 11) is 0. The van der Waals surface area contributed by atoms with Crippen LogP contribution in [0.15, 0.2) is 0 Å². The average molecular weight is 280 g/mol. The molecule has 1 N–H and O–H groups in total. The van der Waals surface area contributed by atoms with Crippen LogP contribution in [-0.2, 0) is 0 Å². The van der Waals surface area contributed by atoms with Crippen LogP contribution in [0.5, 0.6) is 0 Å². The summed E-state index contributed by atoms with van der Waals surface area (Å²) < 4.78 is 0. The number of hydrogen-bond acceptors (Lipinski definition) is 1. The Labute approximate surface area is 127 Å². The fraction of sp³-hybridized carbons (Fsp3) is 1.00. The number of rotatable bonds is 4. The zero-order chi connectivity index (χ0) is 14.6. The lowest BCUT2D eigenvalue weighted by Crippen LogP contribution is -2.37. The van der Waals surface area contributed by atoms with Gasteiger partial charge in [-0.15, -0.1) is 0 Å². The predicted molar refractivity (Wildman–Crippen MR) is 88.9 cm³/mol. The van der Waals surface area contributed by atoms with Crippen LogP contribution in [0.25, 0.3) is 0 Å². The third-order valence-corrected chi connectivity index (χ3v) is 5.98. The van der Waals surface area contributed by atoms with Crippen LogP contribution in [0.1, 0.15) is 85.5 Å². The van der Waals surface area contributed by atoms with Crippen LogP contribution < -0.4 is 5.32 Å². The smallest absolute Gasteiger partial charge is 0.00672 e. The van der Waals surface area contributed by atoms with E-state index in [1.54, 1.807) is 0 Å². The molecule has 2 aliphatic carbocycles. The van der Waals surface area contributed by atoms with Gasteiger partial charge in [-0.2, -0.15) is 0 Å². The maximum Gasteiger partial charge on any atom is 0.00672 e. The summed E-state index contributed by atoms with van der Waals surface area (Å²) in [4.78, 5) is 0. The Balaban J connectivity index is 1.59. The summed E-state index contributed by atoms with van der Waals surface area (Å²) in [5, 5.41) is 3.86. The fourth-order valence-corrected chi connectivity index (χ4v) is 4.48. The molecule has 0 bridgehead atoms. The molecular formula is C19H37N. The molecule has 2 fully saturated rings. The first-order chi connectivity index (χ1) is 9.45. The molecule has 0 aromatic rings. The van der Waals surface area contributed by atoms with E-state index in [9.17, 15) is 0 Å². The second-order valence-corrected chi connectivity index (χ2v) is 8.80. The molecule has 2 rings (SSSR count). The molecule has 0 radical (unpaired) electrons. The van der Waals surface area contributed by atoms with Crippen molar-refractivity contribution in [1.82, 2.24) is 5.32 Å². The van der Waals surface area contributed by atoms with Gasteiger partial charge in [0.2, 0.25) is 0 Å². The monoisotopic (exact) mass is 279 g/mol. The van der Waals surface area contributed by atoms with Crippen LogP contribution in [0.3, 0.4) is 0 Å². The van der Waals surface area contributed by atoms with Crippen LogP contribution in [0.4, 0.5) is 0 Å². The molecule has 1 heteroatoms. The highest BCUT2D eigenvalue weighted by molar-refractivity contribution is 4.83. The molecule has 0 aromatic heterocycles. The minimum absolute atomic E-state index is 0.517. The van der Waals surface area contributed by atoms with Gasteiger partial charge in [0.1, 0.15) is 0 Å². The van der Waals surface area contributed by atoms with Crippen molar-refractivity contribution >= 4 is 0 Å². The van der Waals surface area contributed by atoms with Gasteiger partial charge in [0, 0.05) is 6.04 Å². The highest BCUT2D eigenvalue weighted by Gasteiger charge is 2.29. The predicted octanol–water partition coefficient (Wildman–Crippen LogP) is 5.40. The van der Waals surface area contributed by atoms with Gasteiger partial charge in [-0.1, -0.05) is 47.0 Å². The summed E-state index contributed by atoms with van der Waals surface area (Å²) in [5.74, 6) is 2.94. The van der Waals surface area contributed by atoms with Crippen LogP contribution in [0, 0.1) is 23.2 Å². The van der Waals surface area contributed by atoms with E-state index in [1.807, 2.05) is 0 Å². The summed E-state index contributed by atoms with van der Waals surface area (Å²) in [6, 6.07) is 0.814. The second-order valence-electron chi connectivity index (χ2n) is 8.80. The Morgan fingerprint density at radius 1 is 0.950 bits per heavy atom. The summed E-state index contributed by atoms with van der Waals surface area (Å²) in [5.41, 5.74) is 0.517. The second kappa shape index (κ2) is 7.29. The first-order valence-corrected chi connectivity index (χ1v) is 9.18. The molecule has 2 atom stereocenters. The molecule has 1 nitrogen and oxygen atoms in total. The first-order valence-electron chi connectivity index (χ1n) is 9.18. The molecule has 0 aromatic carbocycles. The summed E-state index contributed by atoms with van der Waals surface area (Å²) in [6.45, 7) is 10.9. The normalized spacial score (nSPS) is 36.0. The first kappa shape index (κ1) is 16.3. The van der Waals surface area contributed by atoms with Crippen LogP contribution in [-0.4, -0.2) is 12.6 Å². The van der Waals surface area contributed by atoms with Crippen molar-refractivity contribution in [3.63, 3.8) is 0 Å². The van der Waals surface area contributed by atoms with Crippen molar-refractivity contribution in [1.29, 1.82) is 0 Å². The largest absolute Gasteiger partial charge is 0.314 e. The molecule has 2 unspecified atom stereocenters. The van der Waals surface area contributed by atoms with E-state index in [4.69, 9.17) is 0 Å². The SMILES string of the molecule is CC1CCCC(CCNC2CCC(C(C)(C)C)CC2)C1. The lowest BCUT2D eigenvalue weighted by atomic mass is 9.71. The lowest BCUT2D eigenvalue weighted by Gasteiger charge is -2.37. The van der Waals surface area contributed by atoms with Gasteiger partial charge >= 0.3 is 0 Å². The molecule has 20 heavy (non-hydrogen) atoms. The third-order valence-electron chi connectivity index (χ3n) is 5.98. The molecule has 0 spiro atoms. The topological polar surface area (TPSA) is 12.0 Å². The van der Waals surface area contributed by atoms with Gasteiger partial charge in [0.15, 0.2) is 0 Å². The van der Waals surface area contributed by atoms with E-state index in [2.05, 4.69) is 33.0 Å². The van der Waals surface area contributed by atoms with Crippen molar-refractivity contribution < 1.29 is 0 Å². The number of hydrogen-bond donors (Lipinski definition) is 1. The molecule has 118 valence electrons. The maximum absolute atomic E-state index is 3.86. The fourth-order valence-electron chi connectivity index (χ4n) is 4.48. The van der Waals surface area contributed by atoms with Gasteiger partial charge in [0.25, 0.3) is 0 Å². The third kappa shape index (κ3) is 5.06. The quantitative estimate of drug-likeness (QED) is 0.727. The van der Waals surface area contributed by atoms with Gasteiger partial charge in [-0.3, -0.25) is 0 Å². The van der Waals surface area contributed by atoms with Crippen molar-refractivity contribution in [3.8, 4) is 0 Å². The van der Waals surface area contributed by atoms with E-state index < -0.39 is 0 Å². The minimum atomic E-state index is 0.517. The van der Waals surface area contributed by atoms with Gasteiger partial charge < -0.3 is 5.32 Å². The van der Waals surface area contributed by atoms with Gasteiger partial charge in [0.05, 0.1) is 0 Å². The molecule has 0 heterocycles. The van der Waals surface area contributed by atoms with Gasteiger partial charge in [-0.25, -0.2) is 0 Å². The van der Waals surface area contributed by atoms with Crippen molar-refractivity contribution in [2.45, 2.75) is 91.5 Å². The van der Waals surface area contributed by atoms with E-state index in [1.165, 1.54) is 64.3 Å². The molecule has 0 amide bonds. The Kier molecular flexibility index (Phi) is 5.95. The summed E-state index contributed by atoms with van der Waals surface area (Å²) >= 11 is 0. The molecule has 2 aliphatic rings.